The highest BCUT2D eigenvalue weighted by molar-refractivity contribution is 9.10. The van der Waals surface area contributed by atoms with Crippen molar-refractivity contribution in [3.63, 3.8) is 0 Å². The van der Waals surface area contributed by atoms with Gasteiger partial charge in [-0.1, -0.05) is 29.0 Å². The minimum atomic E-state index is -3.77. The summed E-state index contributed by atoms with van der Waals surface area (Å²) in [5.41, 5.74) is 0.914. The molecule has 0 amide bonds. The lowest BCUT2D eigenvalue weighted by Gasteiger charge is -1.99. The van der Waals surface area contributed by atoms with Crippen LogP contribution in [0.15, 0.2) is 56.2 Å². The zero-order valence-electron chi connectivity index (χ0n) is 11.3. The number of halogens is 2. The Bertz CT molecular complexity index is 1020. The van der Waals surface area contributed by atoms with E-state index < -0.39 is 10.0 Å². The van der Waals surface area contributed by atoms with E-state index in [0.717, 1.165) is 14.7 Å². The molecule has 2 aromatic carbocycles. The fourth-order valence-corrected chi connectivity index (χ4v) is 5.17. The van der Waals surface area contributed by atoms with Crippen molar-refractivity contribution in [1.29, 1.82) is 0 Å². The standard InChI is InChI=1S/C14H10BrClN2O2S2/c1-18-13-11(15)3-2-4-12(13)21-14(18)17-22(19,20)10-7-5-9(16)6-8-10/h2-8H,1H3/b17-14-. The van der Waals surface area contributed by atoms with Crippen LogP contribution in [0.3, 0.4) is 0 Å². The minimum Gasteiger partial charge on any atom is -0.318 e. The summed E-state index contributed by atoms with van der Waals surface area (Å²) in [5.74, 6) is 0. The number of aryl methyl sites for hydroxylation is 1. The SMILES string of the molecule is Cn1/c(=N/S(=O)(=O)c2ccc(Cl)cc2)sc2cccc(Br)c21. The summed E-state index contributed by atoms with van der Waals surface area (Å²) in [6.07, 6.45) is 0. The van der Waals surface area contributed by atoms with Gasteiger partial charge in [0.15, 0.2) is 0 Å². The minimum absolute atomic E-state index is 0.119. The quantitative estimate of drug-likeness (QED) is 0.634. The molecule has 0 aliphatic rings. The van der Waals surface area contributed by atoms with Gasteiger partial charge in [-0.3, -0.25) is 0 Å². The molecule has 0 radical (unpaired) electrons. The number of thiazole rings is 1. The Morgan fingerprint density at radius 2 is 1.86 bits per heavy atom. The predicted molar refractivity (Wildman–Crippen MR) is 92.7 cm³/mol. The Hall–Kier alpha value is -1.15. The van der Waals surface area contributed by atoms with E-state index in [1.807, 2.05) is 18.2 Å². The van der Waals surface area contributed by atoms with Gasteiger partial charge in [0, 0.05) is 16.5 Å². The molecule has 1 aromatic heterocycles. The van der Waals surface area contributed by atoms with Crippen LogP contribution < -0.4 is 4.80 Å². The Balaban J connectivity index is 2.22. The van der Waals surface area contributed by atoms with E-state index in [9.17, 15) is 8.42 Å². The lowest BCUT2D eigenvalue weighted by atomic mass is 10.3. The first-order chi connectivity index (χ1) is 10.4. The molecule has 0 spiro atoms. The smallest absolute Gasteiger partial charge is 0.285 e. The van der Waals surface area contributed by atoms with Gasteiger partial charge in [-0.15, -0.1) is 4.40 Å². The summed E-state index contributed by atoms with van der Waals surface area (Å²) in [7, 11) is -1.98. The van der Waals surface area contributed by atoms with Gasteiger partial charge in [-0.05, 0) is 52.3 Å². The maximum absolute atomic E-state index is 12.4. The Morgan fingerprint density at radius 1 is 1.18 bits per heavy atom. The molecule has 4 nitrogen and oxygen atoms in total. The van der Waals surface area contributed by atoms with Crippen molar-refractivity contribution in [3.05, 3.63) is 56.8 Å². The molecule has 0 bridgehead atoms. The summed E-state index contributed by atoms with van der Waals surface area (Å²) in [6, 6.07) is 11.7. The topological polar surface area (TPSA) is 51.4 Å². The second-order valence-electron chi connectivity index (χ2n) is 4.55. The van der Waals surface area contributed by atoms with Crippen LogP contribution in [0, 0.1) is 0 Å². The average molecular weight is 418 g/mol. The fourth-order valence-electron chi connectivity index (χ4n) is 2.01. The van der Waals surface area contributed by atoms with Crippen molar-refractivity contribution in [2.24, 2.45) is 11.4 Å². The third-order valence-electron chi connectivity index (χ3n) is 3.08. The van der Waals surface area contributed by atoms with Crippen LogP contribution in [0.1, 0.15) is 0 Å². The predicted octanol–water partition coefficient (Wildman–Crippen LogP) is 3.95. The number of benzene rings is 2. The number of sulfonamides is 1. The van der Waals surface area contributed by atoms with Crippen LogP contribution in [0.2, 0.25) is 5.02 Å². The molecule has 0 fully saturated rings. The highest BCUT2D eigenvalue weighted by Gasteiger charge is 2.14. The first-order valence-corrected chi connectivity index (χ1v) is 9.62. The molecule has 3 rings (SSSR count). The van der Waals surface area contributed by atoms with Crippen molar-refractivity contribution < 1.29 is 8.42 Å². The van der Waals surface area contributed by atoms with Gasteiger partial charge < -0.3 is 4.57 Å². The summed E-state index contributed by atoms with van der Waals surface area (Å²) in [6.45, 7) is 0. The maximum Gasteiger partial charge on any atom is 0.285 e. The molecule has 0 unspecified atom stereocenters. The van der Waals surface area contributed by atoms with E-state index >= 15 is 0 Å². The lowest BCUT2D eigenvalue weighted by Crippen LogP contribution is -2.13. The van der Waals surface area contributed by atoms with Crippen LogP contribution in [0.4, 0.5) is 0 Å². The largest absolute Gasteiger partial charge is 0.318 e. The van der Waals surface area contributed by atoms with Crippen LogP contribution in [-0.4, -0.2) is 13.0 Å². The number of rotatable bonds is 2. The monoisotopic (exact) mass is 416 g/mol. The van der Waals surface area contributed by atoms with Gasteiger partial charge in [0.2, 0.25) is 4.80 Å². The highest BCUT2D eigenvalue weighted by Crippen LogP contribution is 2.25. The number of nitrogens with zero attached hydrogens (tertiary/aromatic N) is 2. The van der Waals surface area contributed by atoms with Crippen molar-refractivity contribution in [2.45, 2.75) is 4.90 Å². The van der Waals surface area contributed by atoms with Crippen molar-refractivity contribution >= 4 is 59.1 Å². The number of hydrogen-bond donors (Lipinski definition) is 0. The summed E-state index contributed by atoms with van der Waals surface area (Å²) in [4.78, 5) is 0.533. The van der Waals surface area contributed by atoms with Crippen LogP contribution in [0.25, 0.3) is 10.2 Å². The van der Waals surface area contributed by atoms with Gasteiger partial charge in [-0.2, -0.15) is 8.42 Å². The van der Waals surface area contributed by atoms with E-state index in [4.69, 9.17) is 11.6 Å². The number of para-hydroxylation sites is 1. The fraction of sp³-hybridized carbons (Fsp3) is 0.0714. The van der Waals surface area contributed by atoms with E-state index in [0.29, 0.717) is 9.82 Å². The van der Waals surface area contributed by atoms with Gasteiger partial charge in [0.1, 0.15) is 0 Å². The third-order valence-corrected chi connectivity index (χ3v) is 6.47. The van der Waals surface area contributed by atoms with E-state index in [1.54, 1.807) is 11.6 Å². The van der Waals surface area contributed by atoms with Crippen molar-refractivity contribution in [2.75, 3.05) is 0 Å². The highest BCUT2D eigenvalue weighted by atomic mass is 79.9. The lowest BCUT2D eigenvalue weighted by molar-refractivity contribution is 0.596. The normalized spacial score (nSPS) is 13.0. The van der Waals surface area contributed by atoms with Crippen LogP contribution >= 0.6 is 38.9 Å². The molecule has 1 heterocycles. The second kappa shape index (κ2) is 5.81. The van der Waals surface area contributed by atoms with Gasteiger partial charge in [0.25, 0.3) is 10.0 Å². The molecule has 0 saturated carbocycles. The summed E-state index contributed by atoms with van der Waals surface area (Å²) < 4.78 is 32.4. The molecular formula is C14H10BrClN2O2S2. The molecule has 0 aliphatic carbocycles. The second-order valence-corrected chi connectivity index (χ2v) is 8.45. The van der Waals surface area contributed by atoms with Gasteiger partial charge >= 0.3 is 0 Å². The Morgan fingerprint density at radius 3 is 2.50 bits per heavy atom. The first-order valence-electron chi connectivity index (χ1n) is 6.19. The average Bonchev–Trinajstić information content (AvgIpc) is 2.76. The van der Waals surface area contributed by atoms with Gasteiger partial charge in [0.05, 0.1) is 15.1 Å². The Kier molecular flexibility index (Phi) is 4.15. The zero-order chi connectivity index (χ0) is 15.9. The molecule has 0 atom stereocenters. The number of aromatic nitrogens is 1. The molecule has 0 saturated heterocycles. The maximum atomic E-state index is 12.4. The van der Waals surface area contributed by atoms with Crippen molar-refractivity contribution in [3.8, 4) is 0 Å². The van der Waals surface area contributed by atoms with Crippen LogP contribution in [-0.2, 0) is 17.1 Å². The van der Waals surface area contributed by atoms with Crippen molar-refractivity contribution in [1.82, 2.24) is 4.57 Å². The number of fused-ring (bicyclic) bond motifs is 1. The molecule has 0 aliphatic heterocycles. The summed E-state index contributed by atoms with van der Waals surface area (Å²) in [5, 5.41) is 0.482. The first kappa shape index (κ1) is 15.7. The molecule has 114 valence electrons. The van der Waals surface area contributed by atoms with E-state index in [2.05, 4.69) is 20.3 Å². The molecule has 3 aromatic rings. The van der Waals surface area contributed by atoms with E-state index in [-0.39, 0.29) is 4.90 Å². The Labute approximate surface area is 144 Å². The van der Waals surface area contributed by atoms with Gasteiger partial charge in [-0.25, -0.2) is 0 Å². The molecule has 22 heavy (non-hydrogen) atoms. The third kappa shape index (κ3) is 2.86. The summed E-state index contributed by atoms with van der Waals surface area (Å²) >= 11 is 10.6. The molecule has 0 N–H and O–H groups in total. The molecular weight excluding hydrogens is 408 g/mol. The van der Waals surface area contributed by atoms with E-state index in [1.165, 1.54) is 35.6 Å². The van der Waals surface area contributed by atoms with Crippen LogP contribution in [0.5, 0.6) is 0 Å². The zero-order valence-corrected chi connectivity index (χ0v) is 15.3. The molecule has 8 heteroatoms. The number of hydrogen-bond acceptors (Lipinski definition) is 3.